The summed E-state index contributed by atoms with van der Waals surface area (Å²) < 4.78 is 5.09. The molecule has 3 N–H and O–H groups in total. The summed E-state index contributed by atoms with van der Waals surface area (Å²) in [7, 11) is 0. The van der Waals surface area contributed by atoms with Gasteiger partial charge in [-0.05, 0) is 66.9 Å². The molecule has 7 nitrogen and oxygen atoms in total. The smallest absolute Gasteiger partial charge is 0.338 e. The fourth-order valence-electron chi connectivity index (χ4n) is 3.15. The van der Waals surface area contributed by atoms with Crippen molar-refractivity contribution in [3.63, 3.8) is 0 Å². The van der Waals surface area contributed by atoms with Crippen LogP contribution in [0.1, 0.15) is 35.7 Å². The Morgan fingerprint density at radius 3 is 1.94 bits per heavy atom. The number of aryl methyl sites for hydroxylation is 1. The van der Waals surface area contributed by atoms with Crippen molar-refractivity contribution >= 4 is 34.8 Å². The van der Waals surface area contributed by atoms with Crippen molar-refractivity contribution in [2.45, 2.75) is 26.2 Å². The van der Waals surface area contributed by atoms with E-state index >= 15 is 0 Å². The summed E-state index contributed by atoms with van der Waals surface area (Å²) in [6.45, 7) is 2.39. The van der Waals surface area contributed by atoms with Crippen LogP contribution >= 0.6 is 0 Å². The summed E-state index contributed by atoms with van der Waals surface area (Å²) >= 11 is 0. The lowest BCUT2D eigenvalue weighted by atomic mass is 10.1. The zero-order valence-electron chi connectivity index (χ0n) is 19.2. The van der Waals surface area contributed by atoms with Crippen molar-refractivity contribution in [3.8, 4) is 0 Å². The van der Waals surface area contributed by atoms with Crippen LogP contribution in [0.5, 0.6) is 0 Å². The Bertz CT molecular complexity index is 1080. The average molecular weight is 460 g/mol. The SMILES string of the molecule is CCCOC(=O)c1ccc(NCC(=O)Nc2ccc(NC(=O)CCc3ccccc3)cc2)cc1. The first kappa shape index (κ1) is 24.5. The van der Waals surface area contributed by atoms with Crippen LogP contribution < -0.4 is 16.0 Å². The van der Waals surface area contributed by atoms with E-state index in [-0.39, 0.29) is 24.3 Å². The average Bonchev–Trinajstić information content (AvgIpc) is 2.87. The highest BCUT2D eigenvalue weighted by atomic mass is 16.5. The highest BCUT2D eigenvalue weighted by Gasteiger charge is 2.08. The number of nitrogens with one attached hydrogen (secondary N) is 3. The Kier molecular flexibility index (Phi) is 9.22. The molecule has 3 aromatic rings. The number of hydrogen-bond donors (Lipinski definition) is 3. The number of benzene rings is 3. The van der Waals surface area contributed by atoms with Gasteiger partial charge in [0.25, 0.3) is 0 Å². The zero-order chi connectivity index (χ0) is 24.2. The van der Waals surface area contributed by atoms with Gasteiger partial charge < -0.3 is 20.7 Å². The molecule has 176 valence electrons. The molecular weight excluding hydrogens is 430 g/mol. The highest BCUT2D eigenvalue weighted by Crippen LogP contribution is 2.15. The third kappa shape index (κ3) is 8.09. The quantitative estimate of drug-likeness (QED) is 0.355. The van der Waals surface area contributed by atoms with Crippen LogP contribution in [0.4, 0.5) is 17.1 Å². The maximum atomic E-state index is 12.2. The summed E-state index contributed by atoms with van der Waals surface area (Å²) in [5.74, 6) is -0.637. The molecule has 0 saturated heterocycles. The number of hydrogen-bond acceptors (Lipinski definition) is 5. The molecule has 0 aliphatic rings. The standard InChI is InChI=1S/C27H29N3O4/c1-2-18-34-27(33)21-9-11-22(12-10-21)28-19-26(32)30-24-15-13-23(14-16-24)29-25(31)17-8-20-6-4-3-5-7-20/h3-7,9-16,28H,2,8,17-19H2,1H3,(H,29,31)(H,30,32). The molecule has 34 heavy (non-hydrogen) atoms. The van der Waals surface area contributed by atoms with E-state index in [1.807, 2.05) is 37.3 Å². The fraction of sp³-hybridized carbons (Fsp3) is 0.222. The van der Waals surface area contributed by atoms with E-state index < -0.39 is 0 Å². The number of anilines is 3. The van der Waals surface area contributed by atoms with Crippen LogP contribution in [0.25, 0.3) is 0 Å². The van der Waals surface area contributed by atoms with Crippen LogP contribution in [0.15, 0.2) is 78.9 Å². The van der Waals surface area contributed by atoms with Gasteiger partial charge >= 0.3 is 5.97 Å². The minimum Gasteiger partial charge on any atom is -0.462 e. The molecule has 0 radical (unpaired) electrons. The van der Waals surface area contributed by atoms with Crippen molar-refractivity contribution < 1.29 is 19.1 Å². The Morgan fingerprint density at radius 2 is 1.32 bits per heavy atom. The topological polar surface area (TPSA) is 96.5 Å². The second-order valence-corrected chi connectivity index (χ2v) is 7.73. The van der Waals surface area contributed by atoms with Crippen LogP contribution in [-0.4, -0.2) is 30.9 Å². The maximum Gasteiger partial charge on any atom is 0.338 e. The molecule has 0 spiro atoms. The van der Waals surface area contributed by atoms with Gasteiger partial charge in [-0.3, -0.25) is 9.59 Å². The van der Waals surface area contributed by atoms with Crippen molar-refractivity contribution in [3.05, 3.63) is 90.0 Å². The highest BCUT2D eigenvalue weighted by molar-refractivity contribution is 5.95. The molecule has 0 heterocycles. The molecule has 7 heteroatoms. The molecule has 0 unspecified atom stereocenters. The number of ether oxygens (including phenoxy) is 1. The minimum atomic E-state index is -0.359. The predicted molar refractivity (Wildman–Crippen MR) is 134 cm³/mol. The second-order valence-electron chi connectivity index (χ2n) is 7.73. The number of amides is 2. The molecule has 0 aromatic heterocycles. The van der Waals surface area contributed by atoms with E-state index in [0.29, 0.717) is 36.4 Å². The van der Waals surface area contributed by atoms with Crippen molar-refractivity contribution in [1.29, 1.82) is 0 Å². The van der Waals surface area contributed by atoms with Gasteiger partial charge in [0.2, 0.25) is 11.8 Å². The Labute approximate surface area is 199 Å². The maximum absolute atomic E-state index is 12.2. The van der Waals surface area contributed by atoms with Gasteiger partial charge in [0.05, 0.1) is 18.7 Å². The lowest BCUT2D eigenvalue weighted by Gasteiger charge is -2.10. The van der Waals surface area contributed by atoms with Crippen molar-refractivity contribution in [2.24, 2.45) is 0 Å². The number of rotatable bonds is 11. The van der Waals surface area contributed by atoms with E-state index in [2.05, 4.69) is 16.0 Å². The van der Waals surface area contributed by atoms with E-state index in [1.54, 1.807) is 48.5 Å². The Hall–Kier alpha value is -4.13. The third-order valence-electron chi connectivity index (χ3n) is 4.95. The zero-order valence-corrected chi connectivity index (χ0v) is 19.2. The summed E-state index contributed by atoms with van der Waals surface area (Å²) in [6, 6.07) is 23.6. The van der Waals surface area contributed by atoms with Crippen LogP contribution in [0.3, 0.4) is 0 Å². The summed E-state index contributed by atoms with van der Waals surface area (Å²) in [6.07, 6.45) is 1.85. The van der Waals surface area contributed by atoms with Crippen LogP contribution in [0, 0.1) is 0 Å². The molecule has 3 aromatic carbocycles. The summed E-state index contributed by atoms with van der Waals surface area (Å²) in [5, 5.41) is 8.69. The number of carbonyl (C=O) groups excluding carboxylic acids is 3. The molecular formula is C27H29N3O4. The predicted octanol–water partition coefficient (Wildman–Crippen LogP) is 4.88. The Morgan fingerprint density at radius 1 is 0.735 bits per heavy atom. The molecule has 2 amide bonds. The lowest BCUT2D eigenvalue weighted by Crippen LogP contribution is -2.21. The number of esters is 1. The van der Waals surface area contributed by atoms with Gasteiger partial charge in [-0.1, -0.05) is 37.3 Å². The van der Waals surface area contributed by atoms with Gasteiger partial charge in [0.1, 0.15) is 0 Å². The molecule has 0 atom stereocenters. The summed E-state index contributed by atoms with van der Waals surface area (Å²) in [5.41, 5.74) is 3.61. The molecule has 0 fully saturated rings. The molecule has 0 aliphatic heterocycles. The largest absolute Gasteiger partial charge is 0.462 e. The molecule has 3 rings (SSSR count). The van der Waals surface area contributed by atoms with E-state index in [0.717, 1.165) is 17.7 Å². The monoisotopic (exact) mass is 459 g/mol. The van der Waals surface area contributed by atoms with Gasteiger partial charge in [0.15, 0.2) is 0 Å². The first-order valence-corrected chi connectivity index (χ1v) is 11.3. The van der Waals surface area contributed by atoms with E-state index in [9.17, 15) is 14.4 Å². The molecule has 0 bridgehead atoms. The third-order valence-corrected chi connectivity index (χ3v) is 4.95. The van der Waals surface area contributed by atoms with Gasteiger partial charge in [-0.15, -0.1) is 0 Å². The summed E-state index contributed by atoms with van der Waals surface area (Å²) in [4.78, 5) is 36.2. The van der Waals surface area contributed by atoms with Crippen LogP contribution in [0.2, 0.25) is 0 Å². The van der Waals surface area contributed by atoms with Crippen LogP contribution in [-0.2, 0) is 20.7 Å². The number of carbonyl (C=O) groups is 3. The first-order chi connectivity index (χ1) is 16.5. The van der Waals surface area contributed by atoms with Gasteiger partial charge in [-0.2, -0.15) is 0 Å². The lowest BCUT2D eigenvalue weighted by molar-refractivity contribution is -0.116. The minimum absolute atomic E-state index is 0.0607. The van der Waals surface area contributed by atoms with Crippen molar-refractivity contribution in [2.75, 3.05) is 29.1 Å². The van der Waals surface area contributed by atoms with E-state index in [4.69, 9.17) is 4.74 Å². The van der Waals surface area contributed by atoms with Gasteiger partial charge in [0, 0.05) is 23.5 Å². The fourth-order valence-corrected chi connectivity index (χ4v) is 3.15. The first-order valence-electron chi connectivity index (χ1n) is 11.3. The normalized spacial score (nSPS) is 10.3. The Balaban J connectivity index is 1.40. The molecule has 0 aliphatic carbocycles. The molecule has 0 saturated carbocycles. The van der Waals surface area contributed by atoms with Gasteiger partial charge in [-0.25, -0.2) is 4.79 Å². The van der Waals surface area contributed by atoms with Crippen molar-refractivity contribution in [1.82, 2.24) is 0 Å². The second kappa shape index (κ2) is 12.8. The van der Waals surface area contributed by atoms with E-state index in [1.165, 1.54) is 0 Å².